The van der Waals surface area contributed by atoms with Crippen LogP contribution in [0.5, 0.6) is 0 Å². The number of nitrogens with one attached hydrogen (secondary N) is 2. The van der Waals surface area contributed by atoms with Crippen LogP contribution >= 0.6 is 18.7 Å². The third-order valence-corrected chi connectivity index (χ3v) is 10.00. The molecule has 1 saturated carbocycles. The van der Waals surface area contributed by atoms with Gasteiger partial charge in [0.15, 0.2) is 5.82 Å². The number of nitrogens with zero attached hydrogens (tertiary/aromatic N) is 3. The minimum Gasteiger partial charge on any atom is -0.460 e. The highest BCUT2D eigenvalue weighted by Crippen LogP contribution is 2.54. The van der Waals surface area contributed by atoms with Crippen LogP contribution in [0.2, 0.25) is 5.02 Å². The topological polar surface area (TPSA) is 96.5 Å². The van der Waals surface area contributed by atoms with E-state index in [-0.39, 0.29) is 23.1 Å². The van der Waals surface area contributed by atoms with Gasteiger partial charge in [-0.1, -0.05) is 23.7 Å². The van der Waals surface area contributed by atoms with E-state index in [0.717, 1.165) is 38.8 Å². The standard InChI is InChI=1S/C32H40ClFN5O3P/c1-31(2,3)42-28(40)16-21-18-32(19-21)12-14-39(15-13-32)26-11-10-22(17-24(26)34)36-30-35-20-23(33)29(38-30)37-25-8-6-7-9-27(25)43(4,5)41/h6-11,17,20-21H,12-16,18-19H2,1-5H3,(H2,35,36,37,38). The van der Waals surface area contributed by atoms with Gasteiger partial charge in [-0.05, 0) is 101 Å². The number of benzene rings is 2. The number of rotatable bonds is 8. The molecule has 2 aromatic carbocycles. The molecule has 1 saturated heterocycles. The summed E-state index contributed by atoms with van der Waals surface area (Å²) in [4.78, 5) is 23.0. The molecule has 2 N–H and O–H groups in total. The van der Waals surface area contributed by atoms with Crippen molar-refractivity contribution in [3.63, 3.8) is 0 Å². The summed E-state index contributed by atoms with van der Waals surface area (Å²) in [5.74, 6) is 0.540. The first kappa shape index (κ1) is 31.3. The SMILES string of the molecule is CC(C)(C)OC(=O)CC1CC2(CCN(c3ccc(Nc4ncc(Cl)c(Nc5ccccc5P(C)(C)=O)n4)cc3F)CC2)C1. The van der Waals surface area contributed by atoms with E-state index in [1.165, 1.54) is 12.3 Å². The van der Waals surface area contributed by atoms with Crippen molar-refractivity contribution in [2.24, 2.45) is 11.3 Å². The Morgan fingerprint density at radius 2 is 1.84 bits per heavy atom. The highest BCUT2D eigenvalue weighted by Gasteiger charge is 2.46. The van der Waals surface area contributed by atoms with Crippen LogP contribution < -0.4 is 20.8 Å². The number of hydrogen-bond acceptors (Lipinski definition) is 8. The quantitative estimate of drug-likeness (QED) is 0.193. The molecule has 8 nitrogen and oxygen atoms in total. The Morgan fingerprint density at radius 1 is 1.14 bits per heavy atom. The first-order valence-corrected chi connectivity index (χ1v) is 17.7. The zero-order chi connectivity index (χ0) is 31.0. The van der Waals surface area contributed by atoms with E-state index >= 15 is 4.39 Å². The van der Waals surface area contributed by atoms with E-state index in [4.69, 9.17) is 16.3 Å². The van der Waals surface area contributed by atoms with Crippen molar-refractivity contribution < 1.29 is 18.5 Å². The molecule has 0 amide bonds. The van der Waals surface area contributed by atoms with Gasteiger partial charge in [-0.2, -0.15) is 4.98 Å². The molecule has 0 atom stereocenters. The minimum atomic E-state index is -2.54. The summed E-state index contributed by atoms with van der Waals surface area (Å²) >= 11 is 6.36. The fourth-order valence-corrected chi connectivity index (χ4v) is 7.51. The van der Waals surface area contributed by atoms with Crippen LogP contribution in [0.3, 0.4) is 0 Å². The average molecular weight is 628 g/mol. The molecular weight excluding hydrogens is 588 g/mol. The van der Waals surface area contributed by atoms with Gasteiger partial charge in [-0.3, -0.25) is 4.79 Å². The molecule has 0 unspecified atom stereocenters. The third-order valence-electron chi connectivity index (χ3n) is 8.17. The molecule has 2 aliphatic rings. The average Bonchev–Trinajstić information content (AvgIpc) is 2.89. The lowest BCUT2D eigenvalue weighted by atomic mass is 9.57. The number of para-hydroxylation sites is 1. The maximum absolute atomic E-state index is 15.3. The summed E-state index contributed by atoms with van der Waals surface area (Å²) in [6.07, 6.45) is 5.98. The predicted molar refractivity (Wildman–Crippen MR) is 173 cm³/mol. The monoisotopic (exact) mass is 627 g/mol. The van der Waals surface area contributed by atoms with Crippen molar-refractivity contribution in [1.29, 1.82) is 0 Å². The van der Waals surface area contributed by atoms with E-state index in [9.17, 15) is 9.36 Å². The number of hydrogen-bond donors (Lipinski definition) is 2. The summed E-state index contributed by atoms with van der Waals surface area (Å²) in [6, 6.07) is 12.4. The summed E-state index contributed by atoms with van der Waals surface area (Å²) in [5.41, 5.74) is 1.54. The van der Waals surface area contributed by atoms with Crippen molar-refractivity contribution >= 4 is 58.8 Å². The molecule has 230 valence electrons. The predicted octanol–water partition coefficient (Wildman–Crippen LogP) is 7.73. The molecule has 1 aliphatic heterocycles. The van der Waals surface area contributed by atoms with E-state index in [2.05, 4.69) is 25.5 Å². The minimum absolute atomic E-state index is 0.119. The zero-order valence-electron chi connectivity index (χ0n) is 25.4. The zero-order valence-corrected chi connectivity index (χ0v) is 27.1. The smallest absolute Gasteiger partial charge is 0.306 e. The Morgan fingerprint density at radius 3 is 2.49 bits per heavy atom. The maximum atomic E-state index is 15.3. The van der Waals surface area contributed by atoms with E-state index in [0.29, 0.717) is 45.5 Å². The Bertz CT molecular complexity index is 1540. The number of halogens is 2. The third kappa shape index (κ3) is 7.68. The molecule has 3 aromatic rings. The van der Waals surface area contributed by atoms with Crippen LogP contribution in [-0.2, 0) is 14.1 Å². The largest absolute Gasteiger partial charge is 0.460 e. The van der Waals surface area contributed by atoms with E-state index in [1.54, 1.807) is 19.4 Å². The van der Waals surface area contributed by atoms with Crippen LogP contribution in [0.15, 0.2) is 48.7 Å². The molecule has 2 heterocycles. The number of aromatic nitrogens is 2. The molecule has 1 aromatic heterocycles. The van der Waals surface area contributed by atoms with Crippen LogP contribution in [0.25, 0.3) is 0 Å². The Balaban J connectivity index is 1.18. The van der Waals surface area contributed by atoms with Crippen molar-refractivity contribution in [3.05, 3.63) is 59.5 Å². The number of piperidine rings is 1. The van der Waals surface area contributed by atoms with Gasteiger partial charge in [-0.25, -0.2) is 9.37 Å². The van der Waals surface area contributed by atoms with Crippen molar-refractivity contribution in [2.75, 3.05) is 42.0 Å². The molecule has 0 radical (unpaired) electrons. The molecular formula is C32H40ClFN5O3P. The van der Waals surface area contributed by atoms with Gasteiger partial charge >= 0.3 is 5.97 Å². The molecule has 1 aliphatic carbocycles. The number of anilines is 5. The van der Waals surface area contributed by atoms with Crippen LogP contribution in [0.4, 0.5) is 33.2 Å². The van der Waals surface area contributed by atoms with Crippen LogP contribution in [-0.4, -0.2) is 48.0 Å². The number of carbonyl (C=O) groups is 1. The second kappa shape index (κ2) is 12.1. The second-order valence-corrected chi connectivity index (χ2v) is 16.8. The van der Waals surface area contributed by atoms with Gasteiger partial charge in [-0.15, -0.1) is 0 Å². The van der Waals surface area contributed by atoms with Gasteiger partial charge in [0.1, 0.15) is 23.6 Å². The number of carbonyl (C=O) groups excluding carboxylic acids is 1. The summed E-state index contributed by atoms with van der Waals surface area (Å²) in [7, 11) is -2.54. The summed E-state index contributed by atoms with van der Waals surface area (Å²) < 4.78 is 33.6. The maximum Gasteiger partial charge on any atom is 0.306 e. The molecule has 1 spiro atoms. The van der Waals surface area contributed by atoms with Crippen molar-refractivity contribution in [3.8, 4) is 0 Å². The Labute approximate surface area is 258 Å². The second-order valence-electron chi connectivity index (χ2n) is 13.2. The first-order valence-electron chi connectivity index (χ1n) is 14.7. The highest BCUT2D eigenvalue weighted by atomic mass is 35.5. The normalized spacial score (nSPS) is 17.0. The number of ether oxygens (including phenoxy) is 1. The summed E-state index contributed by atoms with van der Waals surface area (Å²) in [5, 5.41) is 7.24. The van der Waals surface area contributed by atoms with Gasteiger partial charge in [0.05, 0.1) is 17.6 Å². The lowest BCUT2D eigenvalue weighted by Gasteiger charge is -2.52. The molecule has 0 bridgehead atoms. The van der Waals surface area contributed by atoms with E-state index < -0.39 is 12.7 Å². The van der Waals surface area contributed by atoms with Crippen LogP contribution in [0.1, 0.15) is 52.9 Å². The fourth-order valence-electron chi connectivity index (χ4n) is 6.22. The molecule has 5 rings (SSSR count). The van der Waals surface area contributed by atoms with Gasteiger partial charge in [0, 0.05) is 30.5 Å². The van der Waals surface area contributed by atoms with Crippen LogP contribution in [0, 0.1) is 17.2 Å². The Kier molecular flexibility index (Phi) is 8.79. The van der Waals surface area contributed by atoms with E-state index in [1.807, 2.05) is 51.1 Å². The summed E-state index contributed by atoms with van der Waals surface area (Å²) in [6.45, 7) is 10.7. The van der Waals surface area contributed by atoms with Gasteiger partial charge in [0.25, 0.3) is 0 Å². The van der Waals surface area contributed by atoms with Gasteiger partial charge in [0.2, 0.25) is 5.95 Å². The molecule has 11 heteroatoms. The molecule has 2 fully saturated rings. The van der Waals surface area contributed by atoms with Crippen molar-refractivity contribution in [1.82, 2.24) is 9.97 Å². The first-order chi connectivity index (χ1) is 20.2. The highest BCUT2D eigenvalue weighted by molar-refractivity contribution is 7.70. The lowest BCUT2D eigenvalue weighted by molar-refractivity contribution is -0.158. The Hall–Kier alpha value is -3.16. The lowest BCUT2D eigenvalue weighted by Crippen LogP contribution is -2.48. The number of esters is 1. The fraction of sp³-hybridized carbons (Fsp3) is 0.469. The van der Waals surface area contributed by atoms with Gasteiger partial charge < -0.3 is 24.8 Å². The van der Waals surface area contributed by atoms with Crippen molar-refractivity contribution in [2.45, 2.75) is 58.5 Å². The molecule has 43 heavy (non-hydrogen) atoms.